The third-order valence-electron chi connectivity index (χ3n) is 5.45. The summed E-state index contributed by atoms with van der Waals surface area (Å²) in [7, 11) is 0. The summed E-state index contributed by atoms with van der Waals surface area (Å²) in [6.45, 7) is 9.04. The summed E-state index contributed by atoms with van der Waals surface area (Å²) in [6, 6.07) is 5.85. The lowest BCUT2D eigenvalue weighted by atomic mass is 10.1. The second kappa shape index (κ2) is 7.60. The van der Waals surface area contributed by atoms with E-state index in [4.69, 9.17) is 8.94 Å². The Morgan fingerprint density at radius 3 is 2.41 bits per heavy atom. The Bertz CT molecular complexity index is 1040. The third kappa shape index (κ3) is 3.45. The number of amides is 1. The highest BCUT2D eigenvalue weighted by molar-refractivity contribution is 5.98. The van der Waals surface area contributed by atoms with Crippen molar-refractivity contribution in [1.29, 1.82) is 5.26 Å². The Labute approximate surface area is 168 Å². The number of hydrogen-bond acceptors (Lipinski definition) is 6. The fraction of sp³-hybridized carbons (Fsp3) is 0.381. The van der Waals surface area contributed by atoms with Crippen LogP contribution in [0.1, 0.15) is 38.7 Å². The third-order valence-corrected chi connectivity index (χ3v) is 5.45. The van der Waals surface area contributed by atoms with Crippen LogP contribution in [-0.4, -0.2) is 51.6 Å². The van der Waals surface area contributed by atoms with Gasteiger partial charge in [-0.2, -0.15) is 5.26 Å². The smallest absolute Gasteiger partial charge is 0.258 e. The first-order chi connectivity index (χ1) is 14.0. The number of piperazine rings is 1. The summed E-state index contributed by atoms with van der Waals surface area (Å²) in [5, 5.41) is 13.7. The first kappa shape index (κ1) is 19.0. The highest BCUT2D eigenvalue weighted by atomic mass is 16.5. The molecule has 1 aliphatic heterocycles. The van der Waals surface area contributed by atoms with Gasteiger partial charge in [-0.3, -0.25) is 14.3 Å². The summed E-state index contributed by atoms with van der Waals surface area (Å²) < 4.78 is 12.7. The molecule has 3 aromatic heterocycles. The van der Waals surface area contributed by atoms with Crippen LogP contribution in [0.2, 0.25) is 0 Å². The summed E-state index contributed by atoms with van der Waals surface area (Å²) in [6.07, 6.45) is 3.59. The Kier molecular flexibility index (Phi) is 4.99. The van der Waals surface area contributed by atoms with Gasteiger partial charge in [-0.05, 0) is 32.9 Å². The molecular weight excluding hydrogens is 370 g/mol. The van der Waals surface area contributed by atoms with Crippen molar-refractivity contribution in [1.82, 2.24) is 19.5 Å². The van der Waals surface area contributed by atoms with Gasteiger partial charge in [-0.1, -0.05) is 5.16 Å². The summed E-state index contributed by atoms with van der Waals surface area (Å²) in [5.41, 5.74) is 2.65. The van der Waals surface area contributed by atoms with Gasteiger partial charge >= 0.3 is 0 Å². The molecule has 1 amide bonds. The standard InChI is InChI=1S/C21H23N5O3/c1-14-18(15(2)29-23-14)13-24-8-10-25(11-9-24)20(27)19-16(3)28-21(17(19)12-22)26-6-4-5-7-26/h4-7H,8-11,13H2,1-3H3. The molecule has 0 saturated carbocycles. The monoisotopic (exact) mass is 393 g/mol. The van der Waals surface area contributed by atoms with Gasteiger partial charge in [0.1, 0.15) is 28.7 Å². The Balaban J connectivity index is 1.49. The van der Waals surface area contributed by atoms with Crippen molar-refractivity contribution in [2.24, 2.45) is 0 Å². The SMILES string of the molecule is Cc1noc(C)c1CN1CCN(C(=O)c2c(C)oc(-n3cccc3)c2C#N)CC1. The number of nitrogens with zero attached hydrogens (tertiary/aromatic N) is 5. The molecule has 0 bridgehead atoms. The van der Waals surface area contributed by atoms with Gasteiger partial charge in [0.25, 0.3) is 5.91 Å². The van der Waals surface area contributed by atoms with E-state index < -0.39 is 0 Å². The average molecular weight is 393 g/mol. The van der Waals surface area contributed by atoms with Gasteiger partial charge in [0.05, 0.1) is 5.69 Å². The number of aromatic nitrogens is 2. The van der Waals surface area contributed by atoms with E-state index in [1.165, 1.54) is 0 Å². The molecule has 0 unspecified atom stereocenters. The highest BCUT2D eigenvalue weighted by Gasteiger charge is 2.30. The first-order valence-electron chi connectivity index (χ1n) is 9.59. The second-order valence-corrected chi connectivity index (χ2v) is 7.29. The van der Waals surface area contributed by atoms with E-state index in [0.29, 0.717) is 30.3 Å². The number of aryl methyl sites for hydroxylation is 3. The zero-order valence-corrected chi connectivity index (χ0v) is 16.8. The van der Waals surface area contributed by atoms with Gasteiger partial charge in [0.2, 0.25) is 5.88 Å². The van der Waals surface area contributed by atoms with Crippen molar-refractivity contribution < 1.29 is 13.7 Å². The minimum absolute atomic E-state index is 0.154. The van der Waals surface area contributed by atoms with E-state index in [1.54, 1.807) is 28.8 Å². The first-order valence-corrected chi connectivity index (χ1v) is 9.59. The van der Waals surface area contributed by atoms with Crippen LogP contribution in [0.15, 0.2) is 33.5 Å². The number of nitriles is 1. The fourth-order valence-electron chi connectivity index (χ4n) is 3.76. The van der Waals surface area contributed by atoms with Crippen molar-refractivity contribution in [3.63, 3.8) is 0 Å². The molecule has 8 nitrogen and oxygen atoms in total. The summed E-state index contributed by atoms with van der Waals surface area (Å²) in [5.74, 6) is 1.54. The largest absolute Gasteiger partial charge is 0.443 e. The van der Waals surface area contributed by atoms with Crippen molar-refractivity contribution >= 4 is 5.91 Å². The number of carbonyl (C=O) groups is 1. The quantitative estimate of drug-likeness (QED) is 0.677. The van der Waals surface area contributed by atoms with E-state index >= 15 is 0 Å². The minimum Gasteiger partial charge on any atom is -0.443 e. The van der Waals surface area contributed by atoms with Gasteiger partial charge < -0.3 is 13.8 Å². The van der Waals surface area contributed by atoms with Crippen LogP contribution in [0.3, 0.4) is 0 Å². The molecule has 4 heterocycles. The van der Waals surface area contributed by atoms with Crippen molar-refractivity contribution in [2.75, 3.05) is 26.2 Å². The molecule has 1 saturated heterocycles. The van der Waals surface area contributed by atoms with Crippen LogP contribution in [0.5, 0.6) is 0 Å². The van der Waals surface area contributed by atoms with Crippen molar-refractivity contribution in [3.8, 4) is 12.0 Å². The van der Waals surface area contributed by atoms with Crippen LogP contribution in [0, 0.1) is 32.1 Å². The molecule has 0 atom stereocenters. The molecule has 29 heavy (non-hydrogen) atoms. The Morgan fingerprint density at radius 1 is 1.14 bits per heavy atom. The van der Waals surface area contributed by atoms with Gasteiger partial charge in [0.15, 0.2) is 0 Å². The van der Waals surface area contributed by atoms with Crippen LogP contribution in [-0.2, 0) is 6.54 Å². The zero-order valence-electron chi connectivity index (χ0n) is 16.8. The van der Waals surface area contributed by atoms with E-state index in [1.807, 2.05) is 26.0 Å². The fourth-order valence-corrected chi connectivity index (χ4v) is 3.76. The average Bonchev–Trinajstić information content (AvgIpc) is 3.43. The maximum atomic E-state index is 13.2. The van der Waals surface area contributed by atoms with Crippen LogP contribution in [0.4, 0.5) is 0 Å². The van der Waals surface area contributed by atoms with E-state index in [9.17, 15) is 10.1 Å². The molecule has 0 aromatic carbocycles. The Morgan fingerprint density at radius 2 is 1.83 bits per heavy atom. The van der Waals surface area contributed by atoms with Gasteiger partial charge in [-0.25, -0.2) is 0 Å². The normalized spacial score (nSPS) is 14.9. The maximum Gasteiger partial charge on any atom is 0.258 e. The molecule has 0 radical (unpaired) electrons. The number of hydrogen-bond donors (Lipinski definition) is 0. The molecule has 4 rings (SSSR count). The van der Waals surface area contributed by atoms with Gasteiger partial charge in [0, 0.05) is 50.7 Å². The van der Waals surface area contributed by atoms with Crippen molar-refractivity contribution in [2.45, 2.75) is 27.3 Å². The molecule has 150 valence electrons. The van der Waals surface area contributed by atoms with E-state index in [-0.39, 0.29) is 11.5 Å². The molecule has 8 heteroatoms. The molecule has 1 fully saturated rings. The predicted octanol–water partition coefficient (Wildman–Crippen LogP) is 2.81. The van der Waals surface area contributed by atoms with Crippen LogP contribution in [0.25, 0.3) is 5.88 Å². The van der Waals surface area contributed by atoms with Gasteiger partial charge in [-0.15, -0.1) is 0 Å². The molecule has 0 spiro atoms. The number of rotatable bonds is 4. The topological polar surface area (TPSA) is 91.4 Å². The van der Waals surface area contributed by atoms with Crippen LogP contribution >= 0.6 is 0 Å². The molecule has 0 aliphatic carbocycles. The second-order valence-electron chi connectivity index (χ2n) is 7.29. The summed E-state index contributed by atoms with van der Waals surface area (Å²) >= 11 is 0. The lowest BCUT2D eigenvalue weighted by Crippen LogP contribution is -2.48. The lowest BCUT2D eigenvalue weighted by Gasteiger charge is -2.34. The zero-order chi connectivity index (χ0) is 20.5. The van der Waals surface area contributed by atoms with Crippen LogP contribution < -0.4 is 0 Å². The summed E-state index contributed by atoms with van der Waals surface area (Å²) in [4.78, 5) is 17.3. The number of furan rings is 1. The number of carbonyl (C=O) groups excluding carboxylic acids is 1. The Hall–Kier alpha value is -3.31. The highest BCUT2D eigenvalue weighted by Crippen LogP contribution is 2.27. The molecule has 3 aromatic rings. The molecular formula is C21H23N5O3. The molecule has 0 N–H and O–H groups in total. The molecule has 1 aliphatic rings. The van der Waals surface area contributed by atoms with E-state index in [2.05, 4.69) is 16.1 Å². The maximum absolute atomic E-state index is 13.2. The minimum atomic E-state index is -0.154. The van der Waals surface area contributed by atoms with E-state index in [0.717, 1.165) is 36.7 Å². The lowest BCUT2D eigenvalue weighted by molar-refractivity contribution is 0.0625. The van der Waals surface area contributed by atoms with Crippen molar-refractivity contribution in [3.05, 3.63) is 58.4 Å². The predicted molar refractivity (Wildman–Crippen MR) is 105 cm³/mol.